The minimum absolute atomic E-state index is 0.361. The summed E-state index contributed by atoms with van der Waals surface area (Å²) in [5.41, 5.74) is 2.01. The molecule has 1 atom stereocenters. The second-order valence-electron chi connectivity index (χ2n) is 8.53. The van der Waals surface area contributed by atoms with Gasteiger partial charge in [-0.15, -0.1) is 0 Å². The molecule has 1 aliphatic rings. The van der Waals surface area contributed by atoms with Crippen LogP contribution in [0.5, 0.6) is 0 Å². The van der Waals surface area contributed by atoms with Gasteiger partial charge in [0.1, 0.15) is 6.04 Å². The van der Waals surface area contributed by atoms with Crippen LogP contribution in [0.1, 0.15) is 69.3 Å². The van der Waals surface area contributed by atoms with E-state index in [4.69, 9.17) is 5.11 Å². The van der Waals surface area contributed by atoms with Crippen molar-refractivity contribution in [2.24, 2.45) is 11.3 Å². The Kier molecular flexibility index (Phi) is 6.81. The van der Waals surface area contributed by atoms with Crippen molar-refractivity contribution in [3.8, 4) is 0 Å². The van der Waals surface area contributed by atoms with Gasteiger partial charge in [-0.2, -0.15) is 0 Å². The van der Waals surface area contributed by atoms with E-state index in [0.717, 1.165) is 18.0 Å². The number of nitrogens with one attached hydrogen (secondary N) is 2. The molecule has 1 fully saturated rings. The number of rotatable bonds is 6. The molecule has 0 aliphatic heterocycles. The molecule has 5 nitrogen and oxygen atoms in total. The molecule has 1 aromatic rings. The fraction of sp³-hybridized carbons (Fsp3) is 0.619. The van der Waals surface area contributed by atoms with E-state index < -0.39 is 12.0 Å². The second kappa shape index (κ2) is 8.67. The third-order valence-electron chi connectivity index (χ3n) is 5.48. The summed E-state index contributed by atoms with van der Waals surface area (Å²) in [6, 6.07) is 7.01. The first-order valence-corrected chi connectivity index (χ1v) is 9.53. The van der Waals surface area contributed by atoms with E-state index in [1.165, 1.54) is 32.6 Å². The molecule has 1 saturated carbocycles. The third kappa shape index (κ3) is 5.84. The van der Waals surface area contributed by atoms with Crippen LogP contribution in [0.15, 0.2) is 24.3 Å². The first-order chi connectivity index (χ1) is 12.2. The highest BCUT2D eigenvalue weighted by atomic mass is 16.4. The molecule has 1 unspecified atom stereocenters. The standard InChI is InChI=1S/C21H32N2O3/c1-14(20(25)26)23-19(24)16-7-5-15(6-8-16)13-22-18-11-9-17(10-12-18)21(2,3)4/h5-8,14,17-18,22H,9-13H2,1-4H3,(H,23,24)(H,25,26). The van der Waals surface area contributed by atoms with Crippen molar-refractivity contribution >= 4 is 11.9 Å². The van der Waals surface area contributed by atoms with Gasteiger partial charge in [-0.3, -0.25) is 9.59 Å². The van der Waals surface area contributed by atoms with Crippen molar-refractivity contribution in [2.45, 2.75) is 72.0 Å². The lowest BCUT2D eigenvalue weighted by Gasteiger charge is -2.37. The zero-order chi connectivity index (χ0) is 19.3. The predicted molar refractivity (Wildman–Crippen MR) is 103 cm³/mol. The number of aliphatic carboxylic acids is 1. The molecule has 144 valence electrons. The molecule has 1 aromatic carbocycles. The first-order valence-electron chi connectivity index (χ1n) is 9.53. The van der Waals surface area contributed by atoms with Crippen molar-refractivity contribution in [1.82, 2.24) is 10.6 Å². The molecule has 0 radical (unpaired) electrons. The van der Waals surface area contributed by atoms with Crippen molar-refractivity contribution in [1.29, 1.82) is 0 Å². The van der Waals surface area contributed by atoms with Crippen molar-refractivity contribution in [3.63, 3.8) is 0 Å². The van der Waals surface area contributed by atoms with Crippen LogP contribution in [0.2, 0.25) is 0 Å². The van der Waals surface area contributed by atoms with Gasteiger partial charge in [0.2, 0.25) is 0 Å². The summed E-state index contributed by atoms with van der Waals surface area (Å²) >= 11 is 0. The molecule has 1 amide bonds. The summed E-state index contributed by atoms with van der Waals surface area (Å²) in [5.74, 6) is -0.591. The van der Waals surface area contributed by atoms with Crippen LogP contribution < -0.4 is 10.6 Å². The normalized spacial score (nSPS) is 21.8. The van der Waals surface area contributed by atoms with Gasteiger partial charge in [-0.05, 0) is 61.6 Å². The van der Waals surface area contributed by atoms with Gasteiger partial charge in [0.05, 0.1) is 0 Å². The third-order valence-corrected chi connectivity index (χ3v) is 5.48. The lowest BCUT2D eigenvalue weighted by Crippen LogP contribution is -2.38. The maximum atomic E-state index is 12.0. The van der Waals surface area contributed by atoms with E-state index >= 15 is 0 Å². The van der Waals surface area contributed by atoms with Crippen LogP contribution in [-0.4, -0.2) is 29.1 Å². The van der Waals surface area contributed by atoms with Crippen LogP contribution >= 0.6 is 0 Å². The van der Waals surface area contributed by atoms with Gasteiger partial charge >= 0.3 is 5.97 Å². The Balaban J connectivity index is 1.79. The number of hydrogen-bond acceptors (Lipinski definition) is 3. The van der Waals surface area contributed by atoms with Crippen LogP contribution in [0.4, 0.5) is 0 Å². The zero-order valence-electron chi connectivity index (χ0n) is 16.3. The molecule has 0 bridgehead atoms. The summed E-state index contributed by atoms with van der Waals surface area (Å²) in [6.45, 7) is 9.24. The summed E-state index contributed by atoms with van der Waals surface area (Å²) in [6.07, 6.45) is 5.00. The van der Waals surface area contributed by atoms with Crippen molar-refractivity contribution < 1.29 is 14.7 Å². The summed E-state index contributed by atoms with van der Waals surface area (Å²) in [4.78, 5) is 22.8. The molecule has 0 saturated heterocycles. The Bertz CT molecular complexity index is 611. The highest BCUT2D eigenvalue weighted by Gasteiger charge is 2.29. The lowest BCUT2D eigenvalue weighted by molar-refractivity contribution is -0.138. The summed E-state index contributed by atoms with van der Waals surface area (Å²) in [7, 11) is 0. The van der Waals surface area contributed by atoms with E-state index in [-0.39, 0.29) is 5.91 Å². The van der Waals surface area contributed by atoms with Gasteiger partial charge < -0.3 is 15.7 Å². The van der Waals surface area contributed by atoms with E-state index in [2.05, 4.69) is 31.4 Å². The van der Waals surface area contributed by atoms with Crippen LogP contribution in [-0.2, 0) is 11.3 Å². The number of carboxylic acids is 1. The Hall–Kier alpha value is -1.88. The van der Waals surface area contributed by atoms with Crippen molar-refractivity contribution in [3.05, 3.63) is 35.4 Å². The van der Waals surface area contributed by atoms with E-state index in [0.29, 0.717) is 17.0 Å². The lowest BCUT2D eigenvalue weighted by atomic mass is 9.71. The molecule has 5 heteroatoms. The van der Waals surface area contributed by atoms with Crippen LogP contribution in [0, 0.1) is 11.3 Å². The molecular weight excluding hydrogens is 328 g/mol. The van der Waals surface area contributed by atoms with Gasteiger partial charge in [-0.25, -0.2) is 0 Å². The van der Waals surface area contributed by atoms with E-state index in [1.54, 1.807) is 12.1 Å². The molecule has 0 aromatic heterocycles. The molecule has 0 spiro atoms. The van der Waals surface area contributed by atoms with E-state index in [9.17, 15) is 9.59 Å². The van der Waals surface area contributed by atoms with E-state index in [1.807, 2.05) is 12.1 Å². The minimum Gasteiger partial charge on any atom is -0.480 e. The van der Waals surface area contributed by atoms with Crippen LogP contribution in [0.25, 0.3) is 0 Å². The smallest absolute Gasteiger partial charge is 0.325 e. The molecule has 2 rings (SSSR count). The Morgan fingerprint density at radius 3 is 2.19 bits per heavy atom. The highest BCUT2D eigenvalue weighted by molar-refractivity contribution is 5.96. The fourth-order valence-electron chi connectivity index (χ4n) is 3.54. The number of carbonyl (C=O) groups excluding carboxylic acids is 1. The second-order valence-corrected chi connectivity index (χ2v) is 8.53. The molecule has 26 heavy (non-hydrogen) atoms. The topological polar surface area (TPSA) is 78.4 Å². The molecular formula is C21H32N2O3. The largest absolute Gasteiger partial charge is 0.480 e. The average molecular weight is 360 g/mol. The van der Waals surface area contributed by atoms with Gasteiger partial charge in [0.25, 0.3) is 5.91 Å². The number of amides is 1. The fourth-order valence-corrected chi connectivity index (χ4v) is 3.54. The first kappa shape index (κ1) is 20.4. The molecule has 1 aliphatic carbocycles. The number of benzene rings is 1. The summed E-state index contributed by atoms with van der Waals surface area (Å²) in [5, 5.41) is 14.9. The Morgan fingerprint density at radius 2 is 1.69 bits per heavy atom. The maximum Gasteiger partial charge on any atom is 0.325 e. The van der Waals surface area contributed by atoms with Gasteiger partial charge in [0, 0.05) is 18.2 Å². The minimum atomic E-state index is -1.04. The SMILES string of the molecule is CC(NC(=O)c1ccc(CNC2CCC(C(C)(C)C)CC2)cc1)C(=O)O. The summed E-state index contributed by atoms with van der Waals surface area (Å²) < 4.78 is 0. The number of hydrogen-bond donors (Lipinski definition) is 3. The quantitative estimate of drug-likeness (QED) is 0.724. The molecule has 0 heterocycles. The van der Waals surface area contributed by atoms with Gasteiger partial charge in [0.15, 0.2) is 0 Å². The predicted octanol–water partition coefficient (Wildman–Crippen LogP) is 3.58. The number of carboxylic acid groups (broad SMARTS) is 1. The maximum absolute atomic E-state index is 12.0. The zero-order valence-corrected chi connectivity index (χ0v) is 16.3. The van der Waals surface area contributed by atoms with Gasteiger partial charge in [-0.1, -0.05) is 32.9 Å². The Labute approximate surface area is 156 Å². The number of carbonyl (C=O) groups is 2. The highest BCUT2D eigenvalue weighted by Crippen LogP contribution is 2.37. The van der Waals surface area contributed by atoms with Crippen molar-refractivity contribution in [2.75, 3.05) is 0 Å². The molecule has 3 N–H and O–H groups in total. The van der Waals surface area contributed by atoms with Crippen LogP contribution in [0.3, 0.4) is 0 Å². The average Bonchev–Trinajstić information content (AvgIpc) is 2.59. The Morgan fingerprint density at radius 1 is 1.12 bits per heavy atom. The monoisotopic (exact) mass is 360 g/mol.